The minimum absolute atomic E-state index is 0.165. The molecule has 4 amide bonds. The van der Waals surface area contributed by atoms with E-state index in [1.165, 1.54) is 19.3 Å². The number of carbonyl (C=O) groups is 3. The molecule has 7 nitrogen and oxygen atoms in total. The number of carbonyl (C=O) groups excluding carboxylic acids is 3. The molecule has 1 aliphatic heterocycles. The quantitative estimate of drug-likeness (QED) is 0.186. The molecule has 0 saturated carbocycles. The Labute approximate surface area is 235 Å². The van der Waals surface area contributed by atoms with E-state index < -0.39 is 17.8 Å². The number of nitrogens with one attached hydrogen (secondary N) is 1. The van der Waals surface area contributed by atoms with Gasteiger partial charge in [-0.3, -0.25) is 14.9 Å². The van der Waals surface area contributed by atoms with E-state index in [9.17, 15) is 14.4 Å². The predicted octanol–water partition coefficient (Wildman–Crippen LogP) is 6.51. The van der Waals surface area contributed by atoms with Crippen molar-refractivity contribution >= 4 is 87.0 Å². The first-order valence-corrected chi connectivity index (χ1v) is 12.5. The number of ether oxygens (including phenoxy) is 2. The summed E-state index contributed by atoms with van der Waals surface area (Å²) in [5.74, 6) is -0.761. The minimum Gasteiger partial charge on any atom is -0.493 e. The van der Waals surface area contributed by atoms with E-state index in [-0.39, 0.29) is 22.9 Å². The number of hydrogen-bond acceptors (Lipinski definition) is 5. The molecule has 0 radical (unpaired) electrons. The van der Waals surface area contributed by atoms with Gasteiger partial charge in [0.1, 0.15) is 12.2 Å². The second-order valence-corrected chi connectivity index (χ2v) is 9.86. The lowest BCUT2D eigenvalue weighted by Crippen LogP contribution is -2.54. The van der Waals surface area contributed by atoms with Gasteiger partial charge >= 0.3 is 6.03 Å². The maximum absolute atomic E-state index is 13.2. The Morgan fingerprint density at radius 3 is 2.42 bits per heavy atom. The van der Waals surface area contributed by atoms with Gasteiger partial charge in [-0.15, -0.1) is 0 Å². The highest BCUT2D eigenvalue weighted by atomic mass is 127. The van der Waals surface area contributed by atoms with E-state index in [0.717, 1.165) is 10.5 Å². The highest BCUT2D eigenvalue weighted by Crippen LogP contribution is 2.36. The number of anilines is 1. The molecule has 0 unspecified atom stereocenters. The molecule has 3 aromatic rings. The summed E-state index contributed by atoms with van der Waals surface area (Å²) in [6, 6.07) is 14.0. The summed E-state index contributed by atoms with van der Waals surface area (Å²) in [7, 11) is 1.48. The van der Waals surface area contributed by atoms with Gasteiger partial charge in [0.15, 0.2) is 11.5 Å². The molecule has 36 heavy (non-hydrogen) atoms. The average molecular weight is 658 g/mol. The Hall–Kier alpha value is -2.79. The van der Waals surface area contributed by atoms with Crippen molar-refractivity contribution in [2.75, 3.05) is 12.0 Å². The third-order valence-corrected chi connectivity index (χ3v) is 6.98. The molecule has 11 heteroatoms. The minimum atomic E-state index is -0.881. The van der Waals surface area contributed by atoms with Crippen molar-refractivity contribution in [3.63, 3.8) is 0 Å². The van der Waals surface area contributed by atoms with E-state index in [4.69, 9.17) is 44.3 Å². The number of benzene rings is 3. The first-order chi connectivity index (χ1) is 17.2. The van der Waals surface area contributed by atoms with Crippen LogP contribution in [0.3, 0.4) is 0 Å². The maximum Gasteiger partial charge on any atom is 0.335 e. The van der Waals surface area contributed by atoms with Crippen LogP contribution in [0.4, 0.5) is 10.5 Å². The molecule has 3 aromatic carbocycles. The van der Waals surface area contributed by atoms with Crippen molar-refractivity contribution in [1.82, 2.24) is 5.32 Å². The second kappa shape index (κ2) is 11.1. The van der Waals surface area contributed by atoms with E-state index in [0.29, 0.717) is 30.7 Å². The van der Waals surface area contributed by atoms with Gasteiger partial charge in [-0.1, -0.05) is 53.0 Å². The first kappa shape index (κ1) is 26.3. The topological polar surface area (TPSA) is 84.9 Å². The number of imide groups is 2. The number of para-hydroxylation sites is 1. The van der Waals surface area contributed by atoms with Crippen molar-refractivity contribution in [3.8, 4) is 11.5 Å². The predicted molar refractivity (Wildman–Crippen MR) is 147 cm³/mol. The smallest absolute Gasteiger partial charge is 0.335 e. The number of amides is 4. The van der Waals surface area contributed by atoms with Gasteiger partial charge < -0.3 is 9.47 Å². The molecule has 1 N–H and O–H groups in total. The van der Waals surface area contributed by atoms with Crippen molar-refractivity contribution in [3.05, 3.63) is 89.9 Å². The summed E-state index contributed by atoms with van der Waals surface area (Å²) in [5, 5.41) is 3.23. The fourth-order valence-electron chi connectivity index (χ4n) is 3.42. The third-order valence-electron chi connectivity index (χ3n) is 5.12. The number of hydrogen-bond donors (Lipinski definition) is 1. The Morgan fingerprint density at radius 1 is 0.972 bits per heavy atom. The van der Waals surface area contributed by atoms with Gasteiger partial charge in [-0.2, -0.15) is 0 Å². The van der Waals surface area contributed by atoms with Crippen molar-refractivity contribution in [1.29, 1.82) is 0 Å². The van der Waals surface area contributed by atoms with Crippen LogP contribution in [0.15, 0.2) is 60.2 Å². The molecule has 0 aliphatic carbocycles. The molecule has 0 spiro atoms. The monoisotopic (exact) mass is 656 g/mol. The number of nitrogens with zero attached hydrogens (tertiary/aromatic N) is 1. The van der Waals surface area contributed by atoms with Gasteiger partial charge in [0.2, 0.25) is 0 Å². The Bertz CT molecular complexity index is 1430. The fraction of sp³-hybridized carbons (Fsp3) is 0.0800. The van der Waals surface area contributed by atoms with Crippen molar-refractivity contribution < 1.29 is 23.9 Å². The number of methoxy groups -OCH3 is 1. The Morgan fingerprint density at radius 2 is 1.72 bits per heavy atom. The highest BCUT2D eigenvalue weighted by molar-refractivity contribution is 14.1. The zero-order valence-corrected chi connectivity index (χ0v) is 22.9. The summed E-state index contributed by atoms with van der Waals surface area (Å²) in [6.45, 7) is 0.208. The third kappa shape index (κ3) is 5.46. The highest BCUT2D eigenvalue weighted by Gasteiger charge is 2.37. The molecular formula is C25H16Cl3IN2O5. The van der Waals surface area contributed by atoms with Gasteiger partial charge in [-0.25, -0.2) is 9.69 Å². The normalized spacial score (nSPS) is 14.8. The van der Waals surface area contributed by atoms with Gasteiger partial charge in [0.05, 0.1) is 31.4 Å². The van der Waals surface area contributed by atoms with E-state index >= 15 is 0 Å². The molecule has 0 bridgehead atoms. The lowest BCUT2D eigenvalue weighted by Gasteiger charge is -2.27. The molecule has 184 valence electrons. The van der Waals surface area contributed by atoms with Gasteiger partial charge in [0.25, 0.3) is 11.8 Å². The number of barbiturate groups is 1. The first-order valence-electron chi connectivity index (χ1n) is 10.3. The van der Waals surface area contributed by atoms with Gasteiger partial charge in [0, 0.05) is 0 Å². The number of halogens is 4. The van der Waals surface area contributed by atoms with Crippen LogP contribution in [0.25, 0.3) is 6.08 Å². The van der Waals surface area contributed by atoms with Gasteiger partial charge in [-0.05, 0) is 76.2 Å². The van der Waals surface area contributed by atoms with E-state index in [1.807, 2.05) is 0 Å². The molecule has 4 rings (SSSR count). The van der Waals surface area contributed by atoms with Crippen molar-refractivity contribution in [2.24, 2.45) is 0 Å². The zero-order valence-electron chi connectivity index (χ0n) is 18.5. The standard InChI is InChI=1S/C25H16Cl3IN2O5/c1-35-21-11-14(10-19(29)22(21)36-12-13-6-7-16(26)18(28)9-13)8-15-23(32)30-25(34)31(24(15)33)20-5-3-2-4-17(20)27/h2-11H,12H2,1H3,(H,30,32,34)/b15-8+. The molecule has 1 heterocycles. The van der Waals surface area contributed by atoms with Crippen LogP contribution in [0.5, 0.6) is 11.5 Å². The number of rotatable bonds is 6. The SMILES string of the molecule is COc1cc(/C=C2\C(=O)NC(=O)N(c3ccccc3Cl)C2=O)cc(I)c1OCc1ccc(Cl)c(Cl)c1. The number of urea groups is 1. The molecule has 0 atom stereocenters. The molecule has 1 fully saturated rings. The lowest BCUT2D eigenvalue weighted by molar-refractivity contribution is -0.122. The van der Waals surface area contributed by atoms with Crippen LogP contribution in [0.1, 0.15) is 11.1 Å². The fourth-order valence-corrected chi connectivity index (χ4v) is 4.75. The summed E-state index contributed by atoms with van der Waals surface area (Å²) in [6.07, 6.45) is 1.38. The van der Waals surface area contributed by atoms with Crippen LogP contribution < -0.4 is 19.7 Å². The zero-order chi connectivity index (χ0) is 26.0. The van der Waals surface area contributed by atoms with E-state index in [1.54, 1.807) is 48.5 Å². The maximum atomic E-state index is 13.2. The lowest BCUT2D eigenvalue weighted by atomic mass is 10.1. The van der Waals surface area contributed by atoms with Crippen LogP contribution in [-0.4, -0.2) is 25.0 Å². The Kier molecular flexibility index (Phi) is 8.09. The van der Waals surface area contributed by atoms with Crippen molar-refractivity contribution in [2.45, 2.75) is 6.61 Å². The van der Waals surface area contributed by atoms with Crippen LogP contribution >= 0.6 is 57.4 Å². The largest absolute Gasteiger partial charge is 0.493 e. The van der Waals surface area contributed by atoms with E-state index in [2.05, 4.69) is 27.9 Å². The Balaban J connectivity index is 1.64. The molecular weight excluding hydrogens is 642 g/mol. The van der Waals surface area contributed by atoms with Crippen LogP contribution in [0.2, 0.25) is 15.1 Å². The van der Waals surface area contributed by atoms with Crippen LogP contribution in [-0.2, 0) is 16.2 Å². The molecule has 0 aromatic heterocycles. The molecule has 1 aliphatic rings. The van der Waals surface area contributed by atoms with Crippen LogP contribution in [0, 0.1) is 3.57 Å². The summed E-state index contributed by atoms with van der Waals surface area (Å²) >= 11 is 20.3. The average Bonchev–Trinajstić information content (AvgIpc) is 2.84. The summed E-state index contributed by atoms with van der Waals surface area (Å²) in [5.41, 5.74) is 1.22. The summed E-state index contributed by atoms with van der Waals surface area (Å²) < 4.78 is 12.1. The molecule has 1 saturated heterocycles. The summed E-state index contributed by atoms with van der Waals surface area (Å²) in [4.78, 5) is 39.0. The second-order valence-electron chi connectivity index (χ2n) is 7.48.